The summed E-state index contributed by atoms with van der Waals surface area (Å²) in [6, 6.07) is 12.8. The van der Waals surface area contributed by atoms with Crippen molar-refractivity contribution in [1.29, 1.82) is 0 Å². The van der Waals surface area contributed by atoms with Crippen LogP contribution in [0.2, 0.25) is 0 Å². The van der Waals surface area contributed by atoms with Gasteiger partial charge in [0.25, 0.3) is 5.91 Å². The highest BCUT2D eigenvalue weighted by atomic mass is 16.5. The molecule has 0 atom stereocenters. The zero-order valence-corrected chi connectivity index (χ0v) is 21.2. The summed E-state index contributed by atoms with van der Waals surface area (Å²) in [5, 5.41) is 0.645. The molecule has 0 radical (unpaired) electrons. The Morgan fingerprint density at radius 2 is 1.61 bits per heavy atom. The van der Waals surface area contributed by atoms with Crippen molar-refractivity contribution >= 4 is 22.8 Å². The summed E-state index contributed by atoms with van der Waals surface area (Å²) in [4.78, 5) is 32.4. The normalized spacial score (nSPS) is 13.8. The van der Waals surface area contributed by atoms with Crippen LogP contribution in [0.15, 0.2) is 42.5 Å². The first kappa shape index (κ1) is 25.3. The van der Waals surface area contributed by atoms with E-state index in [1.807, 2.05) is 24.3 Å². The Bertz CT molecular complexity index is 1230. The maximum atomic E-state index is 13.2. The third kappa shape index (κ3) is 5.22. The lowest BCUT2D eigenvalue weighted by atomic mass is 9.94. The Hall–Kier alpha value is -3.81. The van der Waals surface area contributed by atoms with E-state index < -0.39 is 5.97 Å². The first-order valence-electron chi connectivity index (χ1n) is 12.1. The van der Waals surface area contributed by atoms with Crippen LogP contribution in [0.4, 0.5) is 0 Å². The number of benzene rings is 2. The zero-order chi connectivity index (χ0) is 25.7. The monoisotopic (exact) mass is 492 g/mol. The predicted molar refractivity (Wildman–Crippen MR) is 137 cm³/mol. The average Bonchev–Trinajstić information content (AvgIpc) is 2.94. The van der Waals surface area contributed by atoms with Gasteiger partial charge in [0, 0.05) is 24.0 Å². The van der Waals surface area contributed by atoms with Crippen LogP contribution < -0.4 is 14.2 Å². The summed E-state index contributed by atoms with van der Waals surface area (Å²) < 4.78 is 21.9. The number of carbonyl (C=O) groups is 2. The number of esters is 1. The number of amides is 1. The Morgan fingerprint density at radius 1 is 0.944 bits per heavy atom. The Morgan fingerprint density at radius 3 is 2.25 bits per heavy atom. The summed E-state index contributed by atoms with van der Waals surface area (Å²) in [5.41, 5.74) is 2.17. The van der Waals surface area contributed by atoms with Gasteiger partial charge in [-0.15, -0.1) is 0 Å². The molecule has 2 aromatic carbocycles. The van der Waals surface area contributed by atoms with Crippen molar-refractivity contribution in [2.45, 2.75) is 38.1 Å². The van der Waals surface area contributed by atoms with Crippen molar-refractivity contribution in [1.82, 2.24) is 9.88 Å². The quantitative estimate of drug-likeness (QED) is 0.414. The second-order valence-electron chi connectivity index (χ2n) is 8.86. The highest BCUT2D eigenvalue weighted by molar-refractivity contribution is 6.05. The molecular weight excluding hydrogens is 460 g/mol. The zero-order valence-electron chi connectivity index (χ0n) is 21.2. The molecular formula is C28H32N2O6. The minimum Gasteiger partial charge on any atom is -0.493 e. The van der Waals surface area contributed by atoms with Gasteiger partial charge >= 0.3 is 5.97 Å². The summed E-state index contributed by atoms with van der Waals surface area (Å²) in [7, 11) is 6.41. The molecule has 190 valence electrons. The lowest BCUT2D eigenvalue weighted by molar-refractivity contribution is -0.135. The summed E-state index contributed by atoms with van der Waals surface area (Å²) in [6.07, 6.45) is 5.42. The van der Waals surface area contributed by atoms with Crippen LogP contribution in [0.3, 0.4) is 0 Å². The number of aromatic nitrogens is 1. The molecule has 1 heterocycles. The molecule has 4 rings (SSSR count). The first-order chi connectivity index (χ1) is 17.5. The molecule has 36 heavy (non-hydrogen) atoms. The SMILES string of the molecule is COc1cc(-c2cc(C(=O)OCC(=O)N(C)C3CCCCC3)c3ccccc3n2)cc(OC)c1OC. The van der Waals surface area contributed by atoms with Gasteiger partial charge in [-0.2, -0.15) is 0 Å². The van der Waals surface area contributed by atoms with Gasteiger partial charge in [0.2, 0.25) is 5.75 Å². The highest BCUT2D eigenvalue weighted by Crippen LogP contribution is 2.41. The summed E-state index contributed by atoms with van der Waals surface area (Å²) >= 11 is 0. The maximum absolute atomic E-state index is 13.2. The first-order valence-corrected chi connectivity index (χ1v) is 12.1. The highest BCUT2D eigenvalue weighted by Gasteiger charge is 2.24. The molecule has 1 amide bonds. The van der Waals surface area contributed by atoms with E-state index in [0.29, 0.717) is 45.0 Å². The molecule has 0 spiro atoms. The van der Waals surface area contributed by atoms with Crippen LogP contribution in [0, 0.1) is 0 Å². The van der Waals surface area contributed by atoms with Crippen LogP contribution in [0.1, 0.15) is 42.5 Å². The molecule has 0 saturated heterocycles. The van der Waals surface area contributed by atoms with E-state index in [-0.39, 0.29) is 18.6 Å². The average molecular weight is 493 g/mol. The van der Waals surface area contributed by atoms with Crippen molar-refractivity contribution in [2.75, 3.05) is 35.0 Å². The van der Waals surface area contributed by atoms with E-state index >= 15 is 0 Å². The van der Waals surface area contributed by atoms with Gasteiger partial charge < -0.3 is 23.8 Å². The van der Waals surface area contributed by atoms with Gasteiger partial charge in [-0.1, -0.05) is 37.5 Å². The molecule has 0 unspecified atom stereocenters. The number of ether oxygens (including phenoxy) is 4. The van der Waals surface area contributed by atoms with Gasteiger partial charge in [-0.3, -0.25) is 4.79 Å². The molecule has 8 nitrogen and oxygen atoms in total. The number of fused-ring (bicyclic) bond motifs is 1. The van der Waals surface area contributed by atoms with E-state index in [1.165, 1.54) is 13.5 Å². The second kappa shape index (κ2) is 11.3. The van der Waals surface area contributed by atoms with Crippen LogP contribution in [0.5, 0.6) is 17.2 Å². The number of hydrogen-bond acceptors (Lipinski definition) is 7. The summed E-state index contributed by atoms with van der Waals surface area (Å²) in [6.45, 7) is -0.304. The summed E-state index contributed by atoms with van der Waals surface area (Å²) in [5.74, 6) is 0.639. The van der Waals surface area contributed by atoms with Crippen LogP contribution in [-0.4, -0.2) is 62.8 Å². The standard InChI is InChI=1S/C28H32N2O6/c1-30(19-10-6-5-7-11-19)26(31)17-36-28(32)21-16-23(29-22-13-9-8-12-20(21)22)18-14-24(33-2)27(35-4)25(15-18)34-3/h8-9,12-16,19H,5-7,10-11,17H2,1-4H3. The molecule has 0 N–H and O–H groups in total. The van der Waals surface area contributed by atoms with Crippen molar-refractivity contribution < 1.29 is 28.5 Å². The molecule has 0 aliphatic heterocycles. The van der Waals surface area contributed by atoms with Gasteiger partial charge in [-0.05, 0) is 37.1 Å². The fourth-order valence-electron chi connectivity index (χ4n) is 4.70. The molecule has 1 fully saturated rings. The van der Waals surface area contributed by atoms with Crippen molar-refractivity contribution in [3.05, 3.63) is 48.0 Å². The van der Waals surface area contributed by atoms with Crippen molar-refractivity contribution in [2.24, 2.45) is 0 Å². The van der Waals surface area contributed by atoms with Crippen molar-refractivity contribution in [3.63, 3.8) is 0 Å². The molecule has 0 bridgehead atoms. The van der Waals surface area contributed by atoms with Gasteiger partial charge in [0.15, 0.2) is 18.1 Å². The smallest absolute Gasteiger partial charge is 0.339 e. The molecule has 1 aromatic heterocycles. The predicted octanol–water partition coefficient (Wildman–Crippen LogP) is 4.88. The lowest BCUT2D eigenvalue weighted by Gasteiger charge is -2.31. The number of nitrogens with zero attached hydrogens (tertiary/aromatic N) is 2. The van der Waals surface area contributed by atoms with E-state index in [0.717, 1.165) is 25.7 Å². The number of rotatable bonds is 8. The Balaban J connectivity index is 1.64. The number of likely N-dealkylation sites (N-methyl/N-ethyl adjacent to an activating group) is 1. The topological polar surface area (TPSA) is 87.2 Å². The Labute approximate surface area is 211 Å². The Kier molecular flexibility index (Phi) is 7.93. The number of para-hydroxylation sites is 1. The van der Waals surface area contributed by atoms with E-state index in [4.69, 9.17) is 23.9 Å². The van der Waals surface area contributed by atoms with E-state index in [1.54, 1.807) is 44.4 Å². The molecule has 3 aromatic rings. The van der Waals surface area contributed by atoms with E-state index in [9.17, 15) is 9.59 Å². The minimum absolute atomic E-state index is 0.196. The second-order valence-corrected chi connectivity index (χ2v) is 8.86. The minimum atomic E-state index is -0.576. The number of hydrogen-bond donors (Lipinski definition) is 0. The fraction of sp³-hybridized carbons (Fsp3) is 0.393. The molecule has 1 aliphatic rings. The molecule has 8 heteroatoms. The van der Waals surface area contributed by atoms with Crippen LogP contribution in [-0.2, 0) is 9.53 Å². The lowest BCUT2D eigenvalue weighted by Crippen LogP contribution is -2.40. The van der Waals surface area contributed by atoms with E-state index in [2.05, 4.69) is 0 Å². The van der Waals surface area contributed by atoms with Gasteiger partial charge in [0.05, 0.1) is 38.1 Å². The van der Waals surface area contributed by atoms with Crippen LogP contribution in [0.25, 0.3) is 22.2 Å². The van der Waals surface area contributed by atoms with Gasteiger partial charge in [-0.25, -0.2) is 9.78 Å². The number of pyridine rings is 1. The largest absolute Gasteiger partial charge is 0.493 e. The molecule has 1 saturated carbocycles. The molecule has 1 aliphatic carbocycles. The van der Waals surface area contributed by atoms with Crippen molar-refractivity contribution in [3.8, 4) is 28.5 Å². The maximum Gasteiger partial charge on any atom is 0.339 e. The number of carbonyl (C=O) groups excluding carboxylic acids is 2. The third-order valence-corrected chi connectivity index (χ3v) is 6.74. The van der Waals surface area contributed by atoms with Gasteiger partial charge in [0.1, 0.15) is 0 Å². The third-order valence-electron chi connectivity index (χ3n) is 6.74. The number of methoxy groups -OCH3 is 3. The van der Waals surface area contributed by atoms with Crippen LogP contribution >= 0.6 is 0 Å². The fourth-order valence-corrected chi connectivity index (χ4v) is 4.70.